The number of halogens is 6. The third kappa shape index (κ3) is 8.87. The molecular formula is C68H31Br6CuN10O3. The van der Waals surface area contributed by atoms with Gasteiger partial charge < -0.3 is 17.6 Å². The Morgan fingerprint density at radius 2 is 0.602 bits per heavy atom. The summed E-state index contributed by atoms with van der Waals surface area (Å²) in [7, 11) is 0. The standard InChI is InChI=1S/C28H8N6.C24H8Br4N2.C12H4Br2O2.CH3NO.CN.2CH4.Cu/c1-31-19-9-7-17-23-18(8-10-20(32-2)24(19)23)28-27(17)33-25-15-5-3-13(11-29)21-14(12-30)4-6-16(22(15)21)26(25)34-28;25-13-5-1-9-17-10(2-6-14(26)19(13)17)22-21(9)29-23-11-3-7-15(27)20-16(28)8-4-12(18(11)20)24(23)30-22;13-7-3-1-5-9-6(12(16)11(5)15)2-4-8(14)10(7)9;2-1-3;1-2;;;/h3-10H;1-8H;1-4H;1H,(H2,2,3);;2*1H4;/q;;;;-1;;;+1. The van der Waals surface area contributed by atoms with E-state index in [9.17, 15) is 20.1 Å². The van der Waals surface area contributed by atoms with Crippen molar-refractivity contribution in [3.8, 4) is 12.1 Å². The second-order valence-corrected chi connectivity index (χ2v) is 24.5. The first-order valence-electron chi connectivity index (χ1n) is 25.1. The molecule has 16 aromatic rings. The van der Waals surface area contributed by atoms with Crippen molar-refractivity contribution in [3.63, 3.8) is 0 Å². The van der Waals surface area contributed by atoms with Crippen LogP contribution in [0, 0.1) is 47.6 Å². The van der Waals surface area contributed by atoms with Crippen LogP contribution in [0.4, 0.5) is 11.4 Å². The van der Waals surface area contributed by atoms with Crippen molar-refractivity contribution in [2.24, 2.45) is 5.73 Å². The summed E-state index contributed by atoms with van der Waals surface area (Å²) in [6.07, 6.45) is 0.250. The summed E-state index contributed by atoms with van der Waals surface area (Å²) in [5, 5.41) is 42.8. The number of amides is 1. The Labute approximate surface area is 560 Å². The molecule has 0 unspecified atom stereocenters. The fourth-order valence-corrected chi connectivity index (χ4v) is 16.2. The number of fused-ring (bicyclic) bond motifs is 12. The first-order chi connectivity index (χ1) is 41.3. The van der Waals surface area contributed by atoms with Crippen molar-refractivity contribution < 1.29 is 31.5 Å². The topological polar surface area (TPSA) is 209 Å². The fraction of sp³-hybridized carbons (Fsp3) is 0.0294. The van der Waals surface area contributed by atoms with Crippen molar-refractivity contribution in [2.75, 3.05) is 0 Å². The Balaban J connectivity index is 0.000000145. The van der Waals surface area contributed by atoms with Crippen LogP contribution in [-0.2, 0) is 21.9 Å². The van der Waals surface area contributed by atoms with Gasteiger partial charge in [-0.2, -0.15) is 10.5 Å². The molecule has 2 heterocycles. The molecule has 88 heavy (non-hydrogen) atoms. The van der Waals surface area contributed by atoms with Crippen molar-refractivity contribution in [1.82, 2.24) is 19.9 Å². The average Bonchev–Trinajstić information content (AvgIpc) is 1.67. The van der Waals surface area contributed by atoms with E-state index < -0.39 is 11.6 Å². The Hall–Kier alpha value is -8.68. The van der Waals surface area contributed by atoms with Gasteiger partial charge in [0, 0.05) is 124 Å². The van der Waals surface area contributed by atoms with Gasteiger partial charge in [-0.3, -0.25) is 14.4 Å². The Morgan fingerprint density at radius 3 is 0.875 bits per heavy atom. The summed E-state index contributed by atoms with van der Waals surface area (Å²) in [6, 6.07) is 42.8. The van der Waals surface area contributed by atoms with Crippen LogP contribution in [0.3, 0.4) is 0 Å². The van der Waals surface area contributed by atoms with Gasteiger partial charge in [0.05, 0.1) is 80.5 Å². The molecule has 0 saturated carbocycles. The van der Waals surface area contributed by atoms with E-state index in [-0.39, 0.29) is 38.3 Å². The molecule has 1 amide bonds. The quantitative estimate of drug-likeness (QED) is 0.0657. The van der Waals surface area contributed by atoms with Gasteiger partial charge in [-0.05, 0) is 71.4 Å². The minimum absolute atomic E-state index is 0. The number of primary amides is 1. The van der Waals surface area contributed by atoms with E-state index in [1.165, 1.54) is 21.5 Å². The number of carbonyl (C=O) groups is 3. The maximum Gasteiger partial charge on any atom is 1.00 e. The van der Waals surface area contributed by atoms with Gasteiger partial charge >= 0.3 is 17.1 Å². The average molecular weight is 1580 g/mol. The van der Waals surface area contributed by atoms with Gasteiger partial charge in [-0.1, -0.05) is 171 Å². The summed E-state index contributed by atoms with van der Waals surface area (Å²) in [5.41, 5.74) is 13.6. The molecule has 0 bridgehead atoms. The first kappa shape index (κ1) is 62.4. The summed E-state index contributed by atoms with van der Waals surface area (Å²) in [5.74, 6) is -0.823. The molecular weight excluding hydrogens is 1550 g/mol. The minimum Gasteiger partial charge on any atom is -0.512 e. The molecule has 2 N–H and O–H groups in total. The van der Waals surface area contributed by atoms with Crippen molar-refractivity contribution >= 4 is 266 Å². The second kappa shape index (κ2) is 23.8. The number of nitrogens with two attached hydrogens (primary N) is 1. The minimum atomic E-state index is -0.411. The molecule has 1 aliphatic rings. The van der Waals surface area contributed by atoms with E-state index in [0.29, 0.717) is 66.5 Å². The third-order valence-corrected chi connectivity index (χ3v) is 19.4. The summed E-state index contributed by atoms with van der Waals surface area (Å²) in [6.45, 7) is 19.9. The van der Waals surface area contributed by atoms with Crippen LogP contribution >= 0.6 is 95.6 Å². The molecule has 17 rings (SSSR count). The summed E-state index contributed by atoms with van der Waals surface area (Å²) >= 11 is 21.7. The molecule has 0 aliphatic heterocycles. The maximum absolute atomic E-state index is 11.7. The predicted octanol–water partition coefficient (Wildman–Crippen LogP) is 20.6. The monoisotopic (exact) mass is 1570 g/mol. The van der Waals surface area contributed by atoms with E-state index >= 15 is 0 Å². The van der Waals surface area contributed by atoms with Crippen molar-refractivity contribution in [2.45, 2.75) is 14.9 Å². The van der Waals surface area contributed by atoms with Crippen LogP contribution in [0.5, 0.6) is 0 Å². The van der Waals surface area contributed by atoms with Gasteiger partial charge in [-0.25, -0.2) is 29.6 Å². The zero-order chi connectivity index (χ0) is 59.6. The summed E-state index contributed by atoms with van der Waals surface area (Å²) in [4.78, 5) is 59.8. The number of aromatic nitrogens is 4. The Morgan fingerprint density at radius 1 is 0.375 bits per heavy atom. The smallest absolute Gasteiger partial charge is 0.512 e. The van der Waals surface area contributed by atoms with Gasteiger partial charge in [-0.15, -0.1) is 0 Å². The molecule has 0 spiro atoms. The largest absolute Gasteiger partial charge is 1.00 e. The van der Waals surface area contributed by atoms with Crippen LogP contribution in [0.1, 0.15) is 46.7 Å². The summed E-state index contributed by atoms with van der Waals surface area (Å²) < 4.78 is 6.03. The molecule has 14 aromatic carbocycles. The normalized spacial score (nSPS) is 11.4. The second-order valence-electron chi connectivity index (χ2n) is 19.4. The third-order valence-electron chi connectivity index (χ3n) is 15.5. The zero-order valence-corrected chi connectivity index (χ0v) is 53.5. The molecule has 1 aliphatic carbocycles. The molecule has 0 atom stereocenters. The molecule has 424 valence electrons. The number of nitriles is 2. The number of hydrogen-bond donors (Lipinski definition) is 1. The van der Waals surface area contributed by atoms with Crippen molar-refractivity contribution in [1.29, 1.82) is 15.8 Å². The first-order valence-corrected chi connectivity index (χ1v) is 29.8. The SMILES string of the molecule is Brc1ccc2c3nc4c5ccc(Br)c6c(Br)ccc(c4nc3c3ccc(Br)c1c23)c65.C.C.NC=O.O=C1C(=O)c2ccc(Br)c3c(Br)ccc1c23.[C-]#N.[C-]#[N+]c1ccc2c3nc4c5ccc(C#N)c6c(C#N)ccc(c4nc3c3ccc([N+]#[C-])c1c23)c65.[Cu+]. The molecule has 2 aromatic heterocycles. The van der Waals surface area contributed by atoms with E-state index in [4.69, 9.17) is 49.7 Å². The van der Waals surface area contributed by atoms with E-state index in [0.717, 1.165) is 114 Å². The predicted molar refractivity (Wildman–Crippen MR) is 368 cm³/mol. The number of hydrogen-bond acceptors (Lipinski definition) is 10. The number of benzene rings is 10. The number of ketones is 2. The molecule has 0 saturated heterocycles. The fourth-order valence-electron chi connectivity index (χ4n) is 12.1. The Bertz CT molecular complexity index is 5310. The van der Waals surface area contributed by atoms with Gasteiger partial charge in [0.15, 0.2) is 11.4 Å². The molecule has 20 heteroatoms. The maximum atomic E-state index is 11.7. The number of Topliss-reactive ketones (excluding diaryl/α,β-unsaturated/α-hetero) is 2. The van der Waals surface area contributed by atoms with Crippen LogP contribution < -0.4 is 5.73 Å². The van der Waals surface area contributed by atoms with Gasteiger partial charge in [0.2, 0.25) is 18.0 Å². The van der Waals surface area contributed by atoms with E-state index in [2.05, 4.69) is 172 Å². The van der Waals surface area contributed by atoms with Gasteiger partial charge in [0.1, 0.15) is 0 Å². The van der Waals surface area contributed by atoms with Crippen LogP contribution in [0.25, 0.3) is 151 Å². The number of rotatable bonds is 0. The number of nitrogens with zero attached hydrogens (tertiary/aromatic N) is 9. The number of carbonyl (C=O) groups excluding carboxylic acids is 3. The molecule has 0 radical (unpaired) electrons. The van der Waals surface area contributed by atoms with Crippen LogP contribution in [-0.4, -0.2) is 37.9 Å². The van der Waals surface area contributed by atoms with Crippen LogP contribution in [0.2, 0.25) is 0 Å². The van der Waals surface area contributed by atoms with E-state index in [1.54, 1.807) is 48.5 Å². The Kier molecular flexibility index (Phi) is 16.9. The van der Waals surface area contributed by atoms with E-state index in [1.807, 2.05) is 24.3 Å². The molecule has 0 fully saturated rings. The van der Waals surface area contributed by atoms with Crippen LogP contribution in [0.15, 0.2) is 148 Å². The van der Waals surface area contributed by atoms with Crippen molar-refractivity contribution in [3.05, 3.63) is 200 Å². The zero-order valence-electron chi connectivity index (χ0n) is 43.0. The molecule has 13 nitrogen and oxygen atoms in total. The van der Waals surface area contributed by atoms with Gasteiger partial charge in [0.25, 0.3) is 0 Å².